The van der Waals surface area contributed by atoms with Crippen LogP contribution in [-0.2, 0) is 11.2 Å². The van der Waals surface area contributed by atoms with E-state index in [0.29, 0.717) is 17.5 Å². The van der Waals surface area contributed by atoms with Crippen molar-refractivity contribution in [2.45, 2.75) is 59.1 Å². The van der Waals surface area contributed by atoms with Crippen molar-refractivity contribution < 1.29 is 4.74 Å². The Morgan fingerprint density at radius 1 is 1.18 bits per heavy atom. The topological polar surface area (TPSA) is 84.4 Å². The summed E-state index contributed by atoms with van der Waals surface area (Å²) < 4.78 is 5.85. The fourth-order valence-corrected chi connectivity index (χ4v) is 6.27. The first kappa shape index (κ1) is 23.2. The van der Waals surface area contributed by atoms with Crippen molar-refractivity contribution in [1.29, 1.82) is 5.41 Å². The SMILES string of the molecule is CC#Cc1cncc(-c2ccc3c(c2)C(N=C(C)C(=N)N)C2(C3)C[C@@H](C)C(OC)[C@@H](C)C2)c1. The van der Waals surface area contributed by atoms with Gasteiger partial charge < -0.3 is 10.5 Å². The second-order valence-electron chi connectivity index (χ2n) is 9.88. The van der Waals surface area contributed by atoms with Crippen molar-refractivity contribution in [3.8, 4) is 23.0 Å². The lowest BCUT2D eigenvalue weighted by Gasteiger charge is -2.47. The number of nitrogens with two attached hydrogens (primary N) is 1. The normalized spacial score (nSPS) is 28.8. The van der Waals surface area contributed by atoms with E-state index in [1.165, 1.54) is 11.1 Å². The molecule has 172 valence electrons. The number of benzene rings is 1. The molecular formula is C28H34N4O. The van der Waals surface area contributed by atoms with Crippen LogP contribution in [0.25, 0.3) is 11.1 Å². The zero-order chi connectivity index (χ0) is 23.8. The molecule has 5 heteroatoms. The maximum absolute atomic E-state index is 7.94. The number of nitrogens with zero attached hydrogens (tertiary/aromatic N) is 2. The highest BCUT2D eigenvalue weighted by Gasteiger charge is 2.52. The van der Waals surface area contributed by atoms with E-state index in [9.17, 15) is 0 Å². The van der Waals surface area contributed by atoms with Gasteiger partial charge in [0.2, 0.25) is 0 Å². The summed E-state index contributed by atoms with van der Waals surface area (Å²) in [5.74, 6) is 6.97. The van der Waals surface area contributed by atoms with Gasteiger partial charge in [-0.05, 0) is 73.8 Å². The first-order valence-corrected chi connectivity index (χ1v) is 11.7. The summed E-state index contributed by atoms with van der Waals surface area (Å²) in [6.07, 6.45) is 7.03. The molecular weight excluding hydrogens is 408 g/mol. The van der Waals surface area contributed by atoms with Gasteiger partial charge in [0, 0.05) is 36.0 Å². The summed E-state index contributed by atoms with van der Waals surface area (Å²) in [6, 6.07) is 8.77. The largest absolute Gasteiger partial charge is 0.383 e. The van der Waals surface area contributed by atoms with E-state index in [4.69, 9.17) is 20.9 Å². The van der Waals surface area contributed by atoms with Crippen LogP contribution < -0.4 is 5.73 Å². The van der Waals surface area contributed by atoms with E-state index in [2.05, 4.69) is 54.9 Å². The van der Waals surface area contributed by atoms with Crippen molar-refractivity contribution in [3.05, 3.63) is 53.3 Å². The lowest BCUT2D eigenvalue weighted by molar-refractivity contribution is -0.0573. The van der Waals surface area contributed by atoms with Crippen LogP contribution in [-0.4, -0.2) is 29.7 Å². The third-order valence-electron chi connectivity index (χ3n) is 7.47. The van der Waals surface area contributed by atoms with Crippen molar-refractivity contribution >= 4 is 11.5 Å². The van der Waals surface area contributed by atoms with Crippen molar-refractivity contribution in [2.24, 2.45) is 28.0 Å². The highest BCUT2D eigenvalue weighted by Crippen LogP contribution is 2.59. The Labute approximate surface area is 197 Å². The van der Waals surface area contributed by atoms with Crippen molar-refractivity contribution in [2.75, 3.05) is 7.11 Å². The fraction of sp³-hybridized carbons (Fsp3) is 0.464. The molecule has 1 spiro atoms. The number of amidine groups is 1. The molecule has 2 aliphatic rings. The number of aromatic nitrogens is 1. The maximum Gasteiger partial charge on any atom is 0.136 e. The molecule has 0 bridgehead atoms. The monoisotopic (exact) mass is 442 g/mol. The Bertz CT molecular complexity index is 1140. The molecule has 33 heavy (non-hydrogen) atoms. The molecule has 1 heterocycles. The number of ether oxygens (including phenoxy) is 1. The highest BCUT2D eigenvalue weighted by atomic mass is 16.5. The zero-order valence-corrected chi connectivity index (χ0v) is 20.3. The van der Waals surface area contributed by atoms with E-state index < -0.39 is 0 Å². The number of pyridine rings is 1. The Balaban J connectivity index is 1.80. The van der Waals surface area contributed by atoms with Crippen LogP contribution in [0.5, 0.6) is 0 Å². The van der Waals surface area contributed by atoms with Gasteiger partial charge in [-0.15, -0.1) is 5.92 Å². The standard InChI is InChI=1S/C28H34N4O/c1-6-7-20-10-23(16-31-15-20)21-8-9-22-14-28(12-17(2)25(33-5)18(3)13-28)26(24(22)11-21)32-19(4)27(29)30/h8-11,15-18,25-26H,12-14H2,1-5H3,(H3,29,30)/t17-,18+,25?,26?,28?. The van der Waals surface area contributed by atoms with Gasteiger partial charge in [0.1, 0.15) is 5.84 Å². The quantitative estimate of drug-likeness (QED) is 0.389. The molecule has 4 rings (SSSR count). The first-order chi connectivity index (χ1) is 15.8. The molecule has 0 aliphatic heterocycles. The van der Waals surface area contributed by atoms with Gasteiger partial charge in [0.15, 0.2) is 0 Å². The Morgan fingerprint density at radius 3 is 2.55 bits per heavy atom. The molecule has 5 nitrogen and oxygen atoms in total. The molecule has 3 unspecified atom stereocenters. The maximum atomic E-state index is 7.94. The lowest BCUT2D eigenvalue weighted by atomic mass is 9.61. The molecule has 0 amide bonds. The summed E-state index contributed by atoms with van der Waals surface area (Å²) in [7, 11) is 1.83. The molecule has 1 aromatic heterocycles. The van der Waals surface area contributed by atoms with E-state index in [1.807, 2.05) is 27.2 Å². The molecule has 3 N–H and O–H groups in total. The Morgan fingerprint density at radius 2 is 1.91 bits per heavy atom. The highest BCUT2D eigenvalue weighted by molar-refractivity contribution is 6.38. The second-order valence-corrected chi connectivity index (χ2v) is 9.88. The average molecular weight is 443 g/mol. The summed E-state index contributed by atoms with van der Waals surface area (Å²) in [4.78, 5) is 9.48. The minimum atomic E-state index is -0.0226. The number of hydrogen-bond acceptors (Lipinski definition) is 4. The summed E-state index contributed by atoms with van der Waals surface area (Å²) in [6.45, 7) is 8.28. The average Bonchev–Trinajstić information content (AvgIpc) is 3.05. The predicted octanol–water partition coefficient (Wildman–Crippen LogP) is 5.18. The molecule has 1 fully saturated rings. The van der Waals surface area contributed by atoms with Crippen molar-refractivity contribution in [1.82, 2.24) is 4.98 Å². The minimum Gasteiger partial charge on any atom is -0.383 e. The van der Waals surface area contributed by atoms with E-state index in [0.717, 1.165) is 36.0 Å². The van der Waals surface area contributed by atoms with Gasteiger partial charge in [-0.1, -0.05) is 31.9 Å². The van der Waals surface area contributed by atoms with Crippen LogP contribution in [0.1, 0.15) is 63.3 Å². The van der Waals surface area contributed by atoms with Crippen LogP contribution in [0.3, 0.4) is 0 Å². The molecule has 0 radical (unpaired) electrons. The molecule has 5 atom stereocenters. The third kappa shape index (κ3) is 4.32. The minimum absolute atomic E-state index is 0.0132. The van der Waals surface area contributed by atoms with Crippen LogP contribution in [0.2, 0.25) is 0 Å². The van der Waals surface area contributed by atoms with Gasteiger partial charge in [0.25, 0.3) is 0 Å². The molecule has 1 saturated carbocycles. The van der Waals surface area contributed by atoms with Crippen LogP contribution in [0.15, 0.2) is 41.7 Å². The second kappa shape index (κ2) is 9.11. The summed E-state index contributed by atoms with van der Waals surface area (Å²) in [5, 5.41) is 7.94. The van der Waals surface area contributed by atoms with Crippen LogP contribution >= 0.6 is 0 Å². The van der Waals surface area contributed by atoms with Gasteiger partial charge in [-0.2, -0.15) is 0 Å². The number of rotatable bonds is 4. The van der Waals surface area contributed by atoms with Gasteiger partial charge in [-0.3, -0.25) is 15.4 Å². The first-order valence-electron chi connectivity index (χ1n) is 11.7. The number of methoxy groups -OCH3 is 1. The van der Waals surface area contributed by atoms with E-state index >= 15 is 0 Å². The van der Waals surface area contributed by atoms with Gasteiger partial charge in [0.05, 0.1) is 17.9 Å². The molecule has 2 aliphatic carbocycles. The number of fused-ring (bicyclic) bond motifs is 1. The summed E-state index contributed by atoms with van der Waals surface area (Å²) >= 11 is 0. The van der Waals surface area contributed by atoms with Crippen LogP contribution in [0.4, 0.5) is 0 Å². The van der Waals surface area contributed by atoms with Gasteiger partial charge in [-0.25, -0.2) is 0 Å². The predicted molar refractivity (Wildman–Crippen MR) is 134 cm³/mol. The van der Waals surface area contributed by atoms with Gasteiger partial charge >= 0.3 is 0 Å². The lowest BCUT2D eigenvalue weighted by Crippen LogP contribution is -2.44. The number of hydrogen-bond donors (Lipinski definition) is 2. The number of aliphatic imine (C=N–C) groups is 1. The van der Waals surface area contributed by atoms with E-state index in [1.54, 1.807) is 6.20 Å². The molecule has 1 aromatic carbocycles. The summed E-state index contributed by atoms with van der Waals surface area (Å²) in [5.41, 5.74) is 12.1. The zero-order valence-electron chi connectivity index (χ0n) is 20.3. The van der Waals surface area contributed by atoms with Crippen molar-refractivity contribution in [3.63, 3.8) is 0 Å². The Kier molecular flexibility index (Phi) is 6.41. The third-order valence-corrected chi connectivity index (χ3v) is 7.47. The Hall–Kier alpha value is -2.97. The van der Waals surface area contributed by atoms with E-state index in [-0.39, 0.29) is 23.4 Å². The molecule has 0 saturated heterocycles. The number of nitrogens with one attached hydrogen (secondary N) is 1. The smallest absolute Gasteiger partial charge is 0.136 e. The fourth-order valence-electron chi connectivity index (χ4n) is 6.27. The van der Waals surface area contributed by atoms with Crippen LogP contribution in [0, 0.1) is 34.5 Å². The molecule has 2 aromatic rings.